The summed E-state index contributed by atoms with van der Waals surface area (Å²) in [5, 5.41) is 36.1. The van der Waals surface area contributed by atoms with Gasteiger partial charge in [-0.1, -0.05) is 51.1 Å². The van der Waals surface area contributed by atoms with Crippen molar-refractivity contribution in [1.29, 1.82) is 0 Å². The Labute approximate surface area is 246 Å². The molecule has 41 heavy (non-hydrogen) atoms. The topological polar surface area (TPSA) is 104 Å². The number of nitrogens with two attached hydrogens (primary N) is 1. The molecule has 6 rings (SSSR count). The number of piperidine rings is 1. The van der Waals surface area contributed by atoms with E-state index in [1.807, 2.05) is 18.2 Å². The molecule has 1 saturated heterocycles. The van der Waals surface area contributed by atoms with E-state index in [1.165, 1.54) is 0 Å². The van der Waals surface area contributed by atoms with Gasteiger partial charge in [-0.25, -0.2) is 0 Å². The molecule has 4 saturated carbocycles. The van der Waals surface area contributed by atoms with Crippen LogP contribution in [0.25, 0.3) is 0 Å². The summed E-state index contributed by atoms with van der Waals surface area (Å²) < 4.78 is 6.33. The summed E-state index contributed by atoms with van der Waals surface area (Å²) in [6, 6.07) is 10.3. The average Bonchev–Trinajstić information content (AvgIpc) is 3.32. The molecule has 1 heterocycles. The van der Waals surface area contributed by atoms with Gasteiger partial charge in [0.1, 0.15) is 5.60 Å². The van der Waals surface area contributed by atoms with E-state index in [0.29, 0.717) is 36.0 Å². The molecular weight excluding hydrogens is 514 g/mol. The zero-order valence-corrected chi connectivity index (χ0v) is 25.5. The molecule has 5 fully saturated rings. The number of fused-ring (bicyclic) bond motifs is 5. The third-order valence-electron chi connectivity index (χ3n) is 13.4. The van der Waals surface area contributed by atoms with Crippen molar-refractivity contribution in [1.82, 2.24) is 0 Å². The molecule has 0 radical (unpaired) electrons. The standard InChI is InChI=1S/C35H53NO5/c1-22(9-12-31(40)41-35(15-17-36-18-16-35)23-7-5-4-6-8-23)26-10-11-27-32-28(21-30(39)34(26,27)3)33(2)14-13-25(37)19-24(33)20-29(32)38/h4-8,22,24-30,32,36-39H,9-21H2,1-3H3/p+1/t22-,24+,25?,26-,27+,28+,29?,30?,32+,33+,34-/m1/s1. The first kappa shape index (κ1) is 29.6. The van der Waals surface area contributed by atoms with Gasteiger partial charge in [-0.05, 0) is 103 Å². The summed E-state index contributed by atoms with van der Waals surface area (Å²) in [4.78, 5) is 13.3. The van der Waals surface area contributed by atoms with Gasteiger partial charge in [0.05, 0.1) is 31.4 Å². The lowest BCUT2D eigenvalue weighted by Crippen LogP contribution is -2.87. The number of benzene rings is 1. The largest absolute Gasteiger partial charge is 0.454 e. The van der Waals surface area contributed by atoms with Gasteiger partial charge in [-0.3, -0.25) is 4.79 Å². The van der Waals surface area contributed by atoms with Crippen LogP contribution in [-0.2, 0) is 15.1 Å². The molecule has 0 amide bonds. The zero-order valence-electron chi connectivity index (χ0n) is 25.5. The third-order valence-corrected chi connectivity index (χ3v) is 13.4. The molecule has 1 aromatic carbocycles. The normalized spacial score (nSPS) is 44.2. The van der Waals surface area contributed by atoms with Crippen molar-refractivity contribution in [3.8, 4) is 0 Å². The molecule has 5 N–H and O–H groups in total. The van der Waals surface area contributed by atoms with Gasteiger partial charge in [-0.2, -0.15) is 0 Å². The van der Waals surface area contributed by atoms with E-state index in [1.54, 1.807) is 0 Å². The Kier molecular flexibility index (Phi) is 8.10. The molecule has 1 aliphatic heterocycles. The molecule has 3 unspecified atom stereocenters. The summed E-state index contributed by atoms with van der Waals surface area (Å²) in [6.45, 7) is 8.87. The van der Waals surface area contributed by atoms with Crippen LogP contribution in [0.15, 0.2) is 30.3 Å². The Hall–Kier alpha value is -1.47. The van der Waals surface area contributed by atoms with E-state index in [-0.39, 0.29) is 34.9 Å². The second-order valence-electron chi connectivity index (χ2n) is 15.2. The zero-order chi connectivity index (χ0) is 29.0. The van der Waals surface area contributed by atoms with E-state index < -0.39 is 11.7 Å². The van der Waals surface area contributed by atoms with Gasteiger partial charge < -0.3 is 25.4 Å². The highest BCUT2D eigenvalue weighted by atomic mass is 16.6. The van der Waals surface area contributed by atoms with Crippen LogP contribution in [0.1, 0.15) is 97.0 Å². The maximum Gasteiger partial charge on any atom is 0.306 e. The van der Waals surface area contributed by atoms with Crippen LogP contribution in [0.3, 0.4) is 0 Å². The Morgan fingerprint density at radius 3 is 2.44 bits per heavy atom. The van der Waals surface area contributed by atoms with E-state index in [9.17, 15) is 20.1 Å². The fraction of sp³-hybridized carbons (Fsp3) is 0.800. The first-order valence-electron chi connectivity index (χ1n) is 16.7. The van der Waals surface area contributed by atoms with Gasteiger partial charge in [0, 0.05) is 19.3 Å². The van der Waals surface area contributed by atoms with Crippen molar-refractivity contribution in [2.24, 2.45) is 46.3 Å². The molecule has 6 nitrogen and oxygen atoms in total. The van der Waals surface area contributed by atoms with E-state index in [0.717, 1.165) is 82.9 Å². The summed E-state index contributed by atoms with van der Waals surface area (Å²) >= 11 is 0. The first-order valence-corrected chi connectivity index (χ1v) is 16.7. The highest BCUT2D eigenvalue weighted by molar-refractivity contribution is 5.70. The average molecular weight is 569 g/mol. The van der Waals surface area contributed by atoms with Crippen molar-refractivity contribution >= 4 is 5.97 Å². The van der Waals surface area contributed by atoms with E-state index in [4.69, 9.17) is 4.74 Å². The van der Waals surface area contributed by atoms with Gasteiger partial charge >= 0.3 is 5.97 Å². The molecule has 0 aromatic heterocycles. The molecule has 1 aromatic rings. The molecule has 6 heteroatoms. The van der Waals surface area contributed by atoms with E-state index >= 15 is 0 Å². The second kappa shape index (κ2) is 11.2. The van der Waals surface area contributed by atoms with Crippen LogP contribution in [0.5, 0.6) is 0 Å². The van der Waals surface area contributed by atoms with Crippen molar-refractivity contribution in [3.05, 3.63) is 35.9 Å². The van der Waals surface area contributed by atoms with Crippen molar-refractivity contribution in [3.63, 3.8) is 0 Å². The number of carbonyl (C=O) groups excluding carboxylic acids is 1. The molecule has 0 spiro atoms. The maximum absolute atomic E-state index is 13.3. The minimum atomic E-state index is -0.518. The van der Waals surface area contributed by atoms with Gasteiger partial charge in [0.25, 0.3) is 0 Å². The van der Waals surface area contributed by atoms with Crippen LogP contribution < -0.4 is 5.32 Å². The number of hydrogen-bond acceptors (Lipinski definition) is 5. The predicted octanol–water partition coefficient (Wildman–Crippen LogP) is 4.16. The highest BCUT2D eigenvalue weighted by Gasteiger charge is 2.65. The molecule has 11 atom stereocenters. The summed E-state index contributed by atoms with van der Waals surface area (Å²) in [7, 11) is 0. The lowest BCUT2D eigenvalue weighted by Gasteiger charge is -2.63. The summed E-state index contributed by atoms with van der Waals surface area (Å²) in [5.74, 6) is 1.68. The number of ether oxygens (including phenoxy) is 1. The lowest BCUT2D eigenvalue weighted by molar-refractivity contribution is -0.668. The Balaban J connectivity index is 1.13. The molecule has 228 valence electrons. The Morgan fingerprint density at radius 2 is 1.71 bits per heavy atom. The van der Waals surface area contributed by atoms with Gasteiger partial charge in [0.15, 0.2) is 0 Å². The maximum atomic E-state index is 13.3. The molecule has 4 aliphatic carbocycles. The predicted molar refractivity (Wildman–Crippen MR) is 158 cm³/mol. The first-order chi connectivity index (χ1) is 19.6. The fourth-order valence-electron chi connectivity index (χ4n) is 11.1. The Morgan fingerprint density at radius 1 is 0.976 bits per heavy atom. The minimum absolute atomic E-state index is 0.0878. The third kappa shape index (κ3) is 4.99. The van der Waals surface area contributed by atoms with Crippen LogP contribution in [-0.4, -0.2) is 52.7 Å². The van der Waals surface area contributed by atoms with Crippen LogP contribution in [0.4, 0.5) is 0 Å². The second-order valence-corrected chi connectivity index (χ2v) is 15.2. The number of esters is 1. The van der Waals surface area contributed by atoms with Crippen LogP contribution >= 0.6 is 0 Å². The number of aliphatic hydroxyl groups is 3. The number of aliphatic hydroxyl groups excluding tert-OH is 3. The molecule has 0 bridgehead atoms. The number of rotatable bonds is 6. The Bertz CT molecular complexity index is 1070. The number of quaternary nitrogens is 1. The van der Waals surface area contributed by atoms with Crippen LogP contribution in [0, 0.1) is 46.3 Å². The minimum Gasteiger partial charge on any atom is -0.454 e. The molecule has 5 aliphatic rings. The van der Waals surface area contributed by atoms with Crippen molar-refractivity contribution in [2.45, 2.75) is 115 Å². The van der Waals surface area contributed by atoms with Crippen molar-refractivity contribution < 1.29 is 30.2 Å². The SMILES string of the molecule is C[C@H](CCC(=O)OC1(c2ccccc2)CC[NH2+]CC1)[C@H]1CC[C@H]2[C@@H]3C(O)C[C@@H]4CC(O)CC[C@]4(C)[C@H]3CC(O)[C@]12C. The highest BCUT2D eigenvalue weighted by Crippen LogP contribution is 2.68. The fourth-order valence-corrected chi connectivity index (χ4v) is 11.1. The van der Waals surface area contributed by atoms with Gasteiger partial charge in [-0.15, -0.1) is 0 Å². The van der Waals surface area contributed by atoms with E-state index in [2.05, 4.69) is 38.2 Å². The summed E-state index contributed by atoms with van der Waals surface area (Å²) in [6.07, 6.45) is 8.10. The quantitative estimate of drug-likeness (QED) is 0.386. The summed E-state index contributed by atoms with van der Waals surface area (Å²) in [5.41, 5.74) is 0.433. The van der Waals surface area contributed by atoms with Crippen LogP contribution in [0.2, 0.25) is 0 Å². The van der Waals surface area contributed by atoms with Gasteiger partial charge in [0.2, 0.25) is 0 Å². The molecular formula is C35H54NO5+. The lowest BCUT2D eigenvalue weighted by atomic mass is 9.43. The smallest absolute Gasteiger partial charge is 0.306 e. The monoisotopic (exact) mass is 568 g/mol. The number of hydrogen-bond donors (Lipinski definition) is 4. The number of carbonyl (C=O) groups is 1. The van der Waals surface area contributed by atoms with Crippen molar-refractivity contribution in [2.75, 3.05) is 13.1 Å².